The van der Waals surface area contributed by atoms with E-state index in [1.807, 2.05) is 18.2 Å². The molecule has 1 aliphatic heterocycles. The summed E-state index contributed by atoms with van der Waals surface area (Å²) in [6.07, 6.45) is 1.08. The van der Waals surface area contributed by atoms with Gasteiger partial charge in [0, 0.05) is 6.42 Å². The average Bonchev–Trinajstić information content (AvgIpc) is 3.12. The summed E-state index contributed by atoms with van der Waals surface area (Å²) in [6, 6.07) is 10.7. The molecule has 3 rings (SSSR count). The first-order chi connectivity index (χ1) is 12.9. The Morgan fingerprint density at radius 3 is 2.78 bits per heavy atom. The van der Waals surface area contributed by atoms with Crippen LogP contribution < -0.4 is 20.5 Å². The predicted octanol–water partition coefficient (Wildman–Crippen LogP) is 0.838. The molecule has 0 radical (unpaired) electrons. The molecular weight excluding hydrogens is 348 g/mol. The Balaban J connectivity index is 1.49. The monoisotopic (exact) mass is 373 g/mol. The third kappa shape index (κ3) is 4.69. The zero-order chi connectivity index (χ0) is 19.4. The number of carbonyl (C=O) groups is 1. The summed E-state index contributed by atoms with van der Waals surface area (Å²) in [4.78, 5) is 11.3. The van der Waals surface area contributed by atoms with Crippen LogP contribution in [0.4, 0.5) is 0 Å². The van der Waals surface area contributed by atoms with Crippen LogP contribution in [-0.2, 0) is 6.42 Å². The SMILES string of the molecule is C[C@H](CCc1ccc2c(c1)OCO2)[NH2+]C[C@H](O)c1ccc(O)c(C(N)=O)c1. The zero-order valence-electron chi connectivity index (χ0n) is 15.2. The first-order valence-electron chi connectivity index (χ1n) is 8.96. The molecule has 0 saturated heterocycles. The van der Waals surface area contributed by atoms with Crippen molar-refractivity contribution in [1.29, 1.82) is 0 Å². The van der Waals surface area contributed by atoms with E-state index < -0.39 is 12.0 Å². The molecule has 0 fully saturated rings. The van der Waals surface area contributed by atoms with Crippen molar-refractivity contribution < 1.29 is 29.8 Å². The second-order valence-electron chi connectivity index (χ2n) is 6.83. The number of primary amides is 1. The summed E-state index contributed by atoms with van der Waals surface area (Å²) in [5.41, 5.74) is 6.99. The number of rotatable bonds is 8. The minimum absolute atomic E-state index is 0.0161. The minimum atomic E-state index is -0.753. The van der Waals surface area contributed by atoms with Crippen molar-refractivity contribution in [2.75, 3.05) is 13.3 Å². The molecule has 2 atom stereocenters. The number of quaternary nitrogens is 1. The van der Waals surface area contributed by atoms with Crippen molar-refractivity contribution in [2.45, 2.75) is 31.9 Å². The van der Waals surface area contributed by atoms with Crippen molar-refractivity contribution in [3.8, 4) is 17.2 Å². The number of aromatic hydroxyl groups is 1. The minimum Gasteiger partial charge on any atom is -0.507 e. The number of carbonyl (C=O) groups excluding carboxylic acids is 1. The topological polar surface area (TPSA) is 119 Å². The zero-order valence-corrected chi connectivity index (χ0v) is 15.2. The number of fused-ring (bicyclic) bond motifs is 1. The number of hydrogen-bond donors (Lipinski definition) is 4. The van der Waals surface area contributed by atoms with Crippen LogP contribution in [0.2, 0.25) is 0 Å². The molecular formula is C20H25N2O5+. The van der Waals surface area contributed by atoms with Crippen LogP contribution in [0.5, 0.6) is 17.2 Å². The molecule has 2 aromatic carbocycles. The number of phenols is 1. The lowest BCUT2D eigenvalue weighted by Crippen LogP contribution is -2.90. The molecule has 0 spiro atoms. The van der Waals surface area contributed by atoms with Gasteiger partial charge >= 0.3 is 0 Å². The molecule has 2 aromatic rings. The number of aliphatic hydroxyl groups is 1. The quantitative estimate of drug-likeness (QED) is 0.547. The van der Waals surface area contributed by atoms with Crippen molar-refractivity contribution in [2.24, 2.45) is 5.73 Å². The van der Waals surface area contributed by atoms with Crippen molar-refractivity contribution in [3.63, 3.8) is 0 Å². The van der Waals surface area contributed by atoms with E-state index in [2.05, 4.69) is 12.2 Å². The highest BCUT2D eigenvalue weighted by Gasteiger charge is 2.17. The van der Waals surface area contributed by atoms with E-state index in [9.17, 15) is 15.0 Å². The van der Waals surface area contributed by atoms with Crippen molar-refractivity contribution >= 4 is 5.91 Å². The number of aliphatic hydroxyl groups excluding tert-OH is 1. The van der Waals surface area contributed by atoms with Gasteiger partial charge in [-0.25, -0.2) is 0 Å². The van der Waals surface area contributed by atoms with Crippen molar-refractivity contribution in [1.82, 2.24) is 0 Å². The van der Waals surface area contributed by atoms with Gasteiger partial charge in [-0.2, -0.15) is 0 Å². The maximum atomic E-state index is 11.3. The lowest BCUT2D eigenvalue weighted by Gasteiger charge is -2.15. The molecule has 1 heterocycles. The lowest BCUT2D eigenvalue weighted by molar-refractivity contribution is -0.693. The van der Waals surface area contributed by atoms with E-state index in [4.69, 9.17) is 15.2 Å². The van der Waals surface area contributed by atoms with Gasteiger partial charge < -0.3 is 30.7 Å². The number of nitrogens with two attached hydrogens (primary N) is 2. The summed E-state index contributed by atoms with van der Waals surface area (Å²) >= 11 is 0. The summed E-state index contributed by atoms with van der Waals surface area (Å²) in [5, 5.41) is 22.1. The number of benzene rings is 2. The van der Waals surface area contributed by atoms with E-state index in [1.165, 1.54) is 17.7 Å². The van der Waals surface area contributed by atoms with E-state index in [-0.39, 0.29) is 18.1 Å². The fraction of sp³-hybridized carbons (Fsp3) is 0.350. The van der Waals surface area contributed by atoms with Crippen LogP contribution in [0.25, 0.3) is 0 Å². The van der Waals surface area contributed by atoms with Gasteiger partial charge in [0.05, 0.1) is 11.6 Å². The summed E-state index contributed by atoms with van der Waals surface area (Å²) in [6.45, 7) is 2.83. The van der Waals surface area contributed by atoms with Gasteiger partial charge in [-0.1, -0.05) is 12.1 Å². The van der Waals surface area contributed by atoms with E-state index in [1.54, 1.807) is 6.07 Å². The van der Waals surface area contributed by atoms with Crippen LogP contribution in [0.3, 0.4) is 0 Å². The Bertz CT molecular complexity index is 824. The molecule has 7 heteroatoms. The molecule has 1 aliphatic rings. The summed E-state index contributed by atoms with van der Waals surface area (Å²) in [7, 11) is 0. The third-order valence-corrected chi connectivity index (χ3v) is 4.76. The lowest BCUT2D eigenvalue weighted by atomic mass is 10.0. The second kappa shape index (κ2) is 8.28. The summed E-state index contributed by atoms with van der Waals surface area (Å²) < 4.78 is 10.7. The first-order valence-corrected chi connectivity index (χ1v) is 8.96. The standard InChI is InChI=1S/C20H24N2O5/c1-12(2-3-13-4-7-18-19(8-13)27-11-26-18)22-10-17(24)14-5-6-16(23)15(9-14)20(21)25/h4-9,12,17,22-24H,2-3,10-11H2,1H3,(H2,21,25)/p+1/t12-,17+/m1/s1. The normalized spacial score (nSPS) is 14.7. The smallest absolute Gasteiger partial charge is 0.252 e. The number of hydrogen-bond acceptors (Lipinski definition) is 5. The van der Waals surface area contributed by atoms with Crippen LogP contribution in [0.1, 0.15) is 40.9 Å². The van der Waals surface area contributed by atoms with Crippen molar-refractivity contribution in [3.05, 3.63) is 53.1 Å². The Morgan fingerprint density at radius 2 is 2.00 bits per heavy atom. The maximum absolute atomic E-state index is 11.3. The Labute approximate surface area is 157 Å². The van der Waals surface area contributed by atoms with Gasteiger partial charge in [0.2, 0.25) is 6.79 Å². The Morgan fingerprint density at radius 1 is 1.22 bits per heavy atom. The Hall–Kier alpha value is -2.77. The first kappa shape index (κ1) is 19.0. The number of ether oxygens (including phenoxy) is 2. The average molecular weight is 373 g/mol. The molecule has 1 amide bonds. The highest BCUT2D eigenvalue weighted by Crippen LogP contribution is 2.32. The van der Waals surface area contributed by atoms with E-state index >= 15 is 0 Å². The number of aryl methyl sites for hydroxylation is 1. The highest BCUT2D eigenvalue weighted by molar-refractivity contribution is 5.95. The van der Waals surface area contributed by atoms with Gasteiger partial charge in [0.15, 0.2) is 11.5 Å². The third-order valence-electron chi connectivity index (χ3n) is 4.76. The number of amides is 1. The van der Waals surface area contributed by atoms with E-state index in [0.717, 1.165) is 24.3 Å². The molecule has 0 saturated carbocycles. The molecule has 0 aromatic heterocycles. The highest BCUT2D eigenvalue weighted by atomic mass is 16.7. The molecule has 0 aliphatic carbocycles. The van der Waals surface area contributed by atoms with Gasteiger partial charge in [-0.15, -0.1) is 0 Å². The molecule has 144 valence electrons. The molecule has 0 unspecified atom stereocenters. The molecule has 0 bridgehead atoms. The second-order valence-corrected chi connectivity index (χ2v) is 6.83. The van der Waals surface area contributed by atoms with Crippen LogP contribution in [0.15, 0.2) is 36.4 Å². The van der Waals surface area contributed by atoms with Crippen LogP contribution >= 0.6 is 0 Å². The van der Waals surface area contributed by atoms with Crippen LogP contribution in [0, 0.1) is 0 Å². The summed E-state index contributed by atoms with van der Waals surface area (Å²) in [5.74, 6) is 0.671. The van der Waals surface area contributed by atoms with Gasteiger partial charge in [-0.3, -0.25) is 4.79 Å². The molecule has 7 nitrogen and oxygen atoms in total. The van der Waals surface area contributed by atoms with Gasteiger partial charge in [0.1, 0.15) is 18.4 Å². The van der Waals surface area contributed by atoms with E-state index in [0.29, 0.717) is 18.2 Å². The molecule has 27 heavy (non-hydrogen) atoms. The predicted molar refractivity (Wildman–Crippen MR) is 98.7 cm³/mol. The van der Waals surface area contributed by atoms with Crippen LogP contribution in [-0.4, -0.2) is 35.5 Å². The Kier molecular flexibility index (Phi) is 5.83. The maximum Gasteiger partial charge on any atom is 0.252 e. The largest absolute Gasteiger partial charge is 0.507 e. The molecule has 6 N–H and O–H groups in total. The van der Waals surface area contributed by atoms with Gasteiger partial charge in [0.25, 0.3) is 5.91 Å². The fourth-order valence-electron chi connectivity index (χ4n) is 3.06. The fourth-order valence-corrected chi connectivity index (χ4v) is 3.06. The van der Waals surface area contributed by atoms with Gasteiger partial charge in [-0.05, 0) is 48.7 Å².